The molecule has 0 atom stereocenters. The molecule has 0 unspecified atom stereocenters. The maximum absolute atomic E-state index is 11.3. The second-order valence-corrected chi connectivity index (χ2v) is 5.37. The van der Waals surface area contributed by atoms with Crippen molar-refractivity contribution in [2.24, 2.45) is 5.41 Å². The van der Waals surface area contributed by atoms with Gasteiger partial charge in [0.15, 0.2) is 0 Å². The summed E-state index contributed by atoms with van der Waals surface area (Å²) in [5, 5.41) is 2.77. The molecule has 1 saturated carbocycles. The van der Waals surface area contributed by atoms with Crippen LogP contribution in [0.1, 0.15) is 46.5 Å². The average Bonchev–Trinajstić information content (AvgIpc) is 2.62. The molecule has 0 aliphatic heterocycles. The molecule has 15 heavy (non-hydrogen) atoms. The van der Waals surface area contributed by atoms with Crippen LogP contribution in [0.2, 0.25) is 0 Å². The molecule has 1 aliphatic carbocycles. The highest BCUT2D eigenvalue weighted by Crippen LogP contribution is 2.19. The summed E-state index contributed by atoms with van der Waals surface area (Å²) in [4.78, 5) is 16.6. The summed E-state index contributed by atoms with van der Waals surface area (Å²) in [7, 11) is 0. The van der Waals surface area contributed by atoms with Crippen LogP contribution >= 0.6 is 0 Å². The van der Waals surface area contributed by atoms with E-state index in [1.165, 1.54) is 12.8 Å². The van der Waals surface area contributed by atoms with E-state index in [-0.39, 0.29) is 17.6 Å². The van der Waals surface area contributed by atoms with Crippen molar-refractivity contribution in [2.45, 2.75) is 52.6 Å². The Labute approximate surface area is 91.7 Å². The highest BCUT2D eigenvalue weighted by molar-refractivity contribution is 5.72. The normalized spacial score (nSPS) is 17.8. The number of rotatable bonds is 3. The minimum absolute atomic E-state index is 0.102. The van der Waals surface area contributed by atoms with E-state index in [4.69, 9.17) is 4.84 Å². The number of amides is 2. The number of hydrogen-bond donors (Lipinski definition) is 2. The van der Waals surface area contributed by atoms with E-state index in [9.17, 15) is 4.79 Å². The molecule has 0 radical (unpaired) electrons. The van der Waals surface area contributed by atoms with Crippen LogP contribution in [0.4, 0.5) is 4.79 Å². The summed E-state index contributed by atoms with van der Waals surface area (Å²) in [5.41, 5.74) is 2.55. The number of hydrogen-bond acceptors (Lipinski definition) is 2. The van der Waals surface area contributed by atoms with Crippen LogP contribution in [0, 0.1) is 5.41 Å². The van der Waals surface area contributed by atoms with Crippen molar-refractivity contribution in [3.63, 3.8) is 0 Å². The SMILES string of the molecule is CC(C)(C)CNC(=O)NOC1CCCC1. The minimum atomic E-state index is -0.239. The molecule has 2 N–H and O–H groups in total. The lowest BCUT2D eigenvalue weighted by atomic mass is 9.97. The summed E-state index contributed by atoms with van der Waals surface area (Å²) < 4.78 is 0. The van der Waals surface area contributed by atoms with Crippen LogP contribution in [0.3, 0.4) is 0 Å². The Morgan fingerprint density at radius 2 is 1.93 bits per heavy atom. The van der Waals surface area contributed by atoms with Gasteiger partial charge in [-0.2, -0.15) is 0 Å². The summed E-state index contributed by atoms with van der Waals surface area (Å²) in [5.74, 6) is 0. The van der Waals surface area contributed by atoms with Crippen LogP contribution in [0.15, 0.2) is 0 Å². The first-order chi connectivity index (χ1) is 6.97. The number of hydroxylamine groups is 1. The Bertz CT molecular complexity index is 205. The van der Waals surface area contributed by atoms with Gasteiger partial charge in [-0.3, -0.25) is 4.84 Å². The van der Waals surface area contributed by atoms with E-state index < -0.39 is 0 Å². The molecule has 2 amide bonds. The summed E-state index contributed by atoms with van der Waals surface area (Å²) in [6, 6.07) is -0.239. The molecule has 1 rings (SSSR count). The van der Waals surface area contributed by atoms with E-state index in [2.05, 4.69) is 31.6 Å². The number of nitrogens with one attached hydrogen (secondary N) is 2. The van der Waals surface area contributed by atoms with Crippen LogP contribution in [-0.4, -0.2) is 18.7 Å². The maximum atomic E-state index is 11.3. The van der Waals surface area contributed by atoms with Gasteiger partial charge in [-0.1, -0.05) is 33.6 Å². The van der Waals surface area contributed by atoms with E-state index in [1.807, 2.05) is 0 Å². The predicted octanol–water partition coefficient (Wildman–Crippen LogP) is 2.21. The number of carbonyl (C=O) groups excluding carboxylic acids is 1. The van der Waals surface area contributed by atoms with Gasteiger partial charge in [0.2, 0.25) is 0 Å². The van der Waals surface area contributed by atoms with Gasteiger partial charge in [-0.15, -0.1) is 0 Å². The molecule has 0 aromatic carbocycles. The Kier molecular flexibility index (Phi) is 4.39. The van der Waals surface area contributed by atoms with E-state index in [1.54, 1.807) is 0 Å². The maximum Gasteiger partial charge on any atom is 0.338 e. The Hall–Kier alpha value is -0.770. The number of urea groups is 1. The first-order valence-electron chi connectivity index (χ1n) is 5.67. The molecule has 0 aromatic rings. The fourth-order valence-electron chi connectivity index (χ4n) is 1.52. The van der Waals surface area contributed by atoms with Crippen molar-refractivity contribution in [2.75, 3.05) is 6.54 Å². The molecule has 4 heteroatoms. The number of carbonyl (C=O) groups is 1. The van der Waals surface area contributed by atoms with Gasteiger partial charge in [-0.25, -0.2) is 10.3 Å². The fraction of sp³-hybridized carbons (Fsp3) is 0.909. The molecule has 0 bridgehead atoms. The Morgan fingerprint density at radius 3 is 2.47 bits per heavy atom. The molecule has 1 aliphatic rings. The Morgan fingerprint density at radius 1 is 1.33 bits per heavy atom. The first kappa shape index (κ1) is 12.3. The standard InChI is InChI=1S/C11H22N2O2/c1-11(2,3)8-12-10(14)13-15-9-6-4-5-7-9/h9H,4-8H2,1-3H3,(H2,12,13,14). The molecular weight excluding hydrogens is 192 g/mol. The highest BCUT2D eigenvalue weighted by Gasteiger charge is 2.17. The second-order valence-electron chi connectivity index (χ2n) is 5.37. The highest BCUT2D eigenvalue weighted by atomic mass is 16.7. The largest absolute Gasteiger partial charge is 0.338 e. The predicted molar refractivity (Wildman–Crippen MR) is 59.3 cm³/mol. The van der Waals surface area contributed by atoms with Crippen molar-refractivity contribution in [1.82, 2.24) is 10.8 Å². The Balaban J connectivity index is 2.08. The van der Waals surface area contributed by atoms with E-state index in [0.29, 0.717) is 6.54 Å². The summed E-state index contributed by atoms with van der Waals surface area (Å²) >= 11 is 0. The van der Waals surface area contributed by atoms with E-state index in [0.717, 1.165) is 12.8 Å². The van der Waals surface area contributed by atoms with Gasteiger partial charge in [-0.05, 0) is 18.3 Å². The monoisotopic (exact) mass is 214 g/mol. The molecule has 88 valence electrons. The average molecular weight is 214 g/mol. The lowest BCUT2D eigenvalue weighted by Gasteiger charge is -2.19. The van der Waals surface area contributed by atoms with Crippen LogP contribution < -0.4 is 10.8 Å². The zero-order chi connectivity index (χ0) is 11.3. The zero-order valence-electron chi connectivity index (χ0n) is 9.93. The summed E-state index contributed by atoms with van der Waals surface area (Å²) in [6.07, 6.45) is 4.73. The van der Waals surface area contributed by atoms with Gasteiger partial charge in [0, 0.05) is 6.54 Å². The third-order valence-corrected chi connectivity index (χ3v) is 2.40. The third kappa shape index (κ3) is 5.62. The van der Waals surface area contributed by atoms with Crippen molar-refractivity contribution in [3.05, 3.63) is 0 Å². The molecule has 1 fully saturated rings. The van der Waals surface area contributed by atoms with Gasteiger partial charge in [0.1, 0.15) is 0 Å². The smallest absolute Gasteiger partial charge is 0.336 e. The first-order valence-corrected chi connectivity index (χ1v) is 5.67. The van der Waals surface area contributed by atoms with Gasteiger partial charge in [0.25, 0.3) is 0 Å². The molecule has 4 nitrogen and oxygen atoms in total. The van der Waals surface area contributed by atoms with E-state index >= 15 is 0 Å². The molecule has 0 saturated heterocycles. The lowest BCUT2D eigenvalue weighted by molar-refractivity contribution is -0.000167. The van der Waals surface area contributed by atoms with Crippen LogP contribution in [0.5, 0.6) is 0 Å². The molecule has 0 heterocycles. The van der Waals surface area contributed by atoms with Crippen molar-refractivity contribution in [3.8, 4) is 0 Å². The van der Waals surface area contributed by atoms with Crippen LogP contribution in [0.25, 0.3) is 0 Å². The van der Waals surface area contributed by atoms with Crippen molar-refractivity contribution in [1.29, 1.82) is 0 Å². The van der Waals surface area contributed by atoms with Crippen LogP contribution in [-0.2, 0) is 4.84 Å². The van der Waals surface area contributed by atoms with Gasteiger partial charge < -0.3 is 5.32 Å². The molecule has 0 aromatic heterocycles. The topological polar surface area (TPSA) is 50.4 Å². The fourth-order valence-corrected chi connectivity index (χ4v) is 1.52. The summed E-state index contributed by atoms with van der Waals surface area (Å²) in [6.45, 7) is 6.87. The zero-order valence-corrected chi connectivity index (χ0v) is 9.93. The van der Waals surface area contributed by atoms with Crippen molar-refractivity contribution >= 4 is 6.03 Å². The van der Waals surface area contributed by atoms with Gasteiger partial charge >= 0.3 is 6.03 Å². The lowest BCUT2D eigenvalue weighted by Crippen LogP contribution is -2.41. The van der Waals surface area contributed by atoms with Gasteiger partial charge in [0.05, 0.1) is 6.10 Å². The quantitative estimate of drug-likeness (QED) is 0.708. The second kappa shape index (κ2) is 5.35. The van der Waals surface area contributed by atoms with Crippen molar-refractivity contribution < 1.29 is 9.63 Å². The molecule has 0 spiro atoms. The third-order valence-electron chi connectivity index (χ3n) is 2.40. The minimum Gasteiger partial charge on any atom is -0.336 e. The molecular formula is C11H22N2O2.